The maximum absolute atomic E-state index is 12.5. The van der Waals surface area contributed by atoms with E-state index >= 15 is 0 Å². The molecule has 0 rings (SSSR count). The van der Waals surface area contributed by atoms with E-state index in [1.807, 2.05) is 0 Å². The van der Waals surface area contributed by atoms with Gasteiger partial charge in [0.1, 0.15) is 6.10 Å². The summed E-state index contributed by atoms with van der Waals surface area (Å²) in [6, 6.07) is -0.715. The van der Waals surface area contributed by atoms with Crippen molar-refractivity contribution in [1.29, 1.82) is 0 Å². The van der Waals surface area contributed by atoms with Crippen molar-refractivity contribution in [3.8, 4) is 0 Å². The third kappa shape index (κ3) is 37.2. The number of hydrogen-bond donors (Lipinski definition) is 4. The number of unbranched alkanes of at least 4 members (excludes halogenated alkanes) is 30. The topological polar surface area (TPSA) is 89.8 Å². The second-order valence-electron chi connectivity index (χ2n) is 16.0. The first-order valence-corrected chi connectivity index (χ1v) is 23.1. The van der Waals surface area contributed by atoms with Gasteiger partial charge < -0.3 is 20.6 Å². The summed E-state index contributed by atoms with van der Waals surface area (Å²) in [6.07, 6.45) is 51.8. The molecule has 0 aromatic heterocycles. The average molecular weight is 734 g/mol. The lowest BCUT2D eigenvalue weighted by atomic mass is 10.0. The Morgan fingerprint density at radius 1 is 0.462 bits per heavy atom. The number of aliphatic hydroxyl groups is 3. The molecule has 0 heterocycles. The van der Waals surface area contributed by atoms with E-state index in [4.69, 9.17) is 0 Å². The van der Waals surface area contributed by atoms with Gasteiger partial charge in [0, 0.05) is 0 Å². The third-order valence-electron chi connectivity index (χ3n) is 10.8. The highest BCUT2D eigenvalue weighted by Crippen LogP contribution is 2.16. The maximum Gasteiger partial charge on any atom is 0.249 e. The number of carbonyl (C=O) groups is 1. The first-order valence-electron chi connectivity index (χ1n) is 23.1. The lowest BCUT2D eigenvalue weighted by Crippen LogP contribution is -2.49. The van der Waals surface area contributed by atoms with Gasteiger partial charge in [-0.25, -0.2) is 0 Å². The molecule has 3 unspecified atom stereocenters. The first kappa shape index (κ1) is 50.8. The van der Waals surface area contributed by atoms with E-state index in [2.05, 4.69) is 43.5 Å². The standard InChI is InChI=1S/C47H91NO4/c1-3-5-7-9-11-13-15-17-19-21-22-23-24-25-26-28-30-32-34-36-38-40-42-46(51)47(52)48-44(43-49)45(50)41-39-37-35-33-31-29-27-20-18-16-14-12-10-8-6-4-2/h22-23,25-26,44-46,49-51H,3-21,24,27-43H2,1-2H3,(H,48,52)/b23-22-,26-25-. The molecule has 3 atom stereocenters. The van der Waals surface area contributed by atoms with Crippen LogP contribution in [0.5, 0.6) is 0 Å². The summed E-state index contributed by atoms with van der Waals surface area (Å²) in [4.78, 5) is 12.5. The van der Waals surface area contributed by atoms with Crippen molar-refractivity contribution in [2.75, 3.05) is 6.61 Å². The number of rotatable bonds is 42. The van der Waals surface area contributed by atoms with Gasteiger partial charge in [0.15, 0.2) is 0 Å². The smallest absolute Gasteiger partial charge is 0.249 e. The highest BCUT2D eigenvalue weighted by atomic mass is 16.3. The zero-order valence-corrected chi connectivity index (χ0v) is 35.0. The molecule has 0 aliphatic heterocycles. The minimum Gasteiger partial charge on any atom is -0.394 e. The van der Waals surface area contributed by atoms with Gasteiger partial charge in [0.2, 0.25) is 5.91 Å². The Bertz CT molecular complexity index is 768. The summed E-state index contributed by atoms with van der Waals surface area (Å²) in [5, 5.41) is 33.3. The molecule has 1 amide bonds. The molecule has 308 valence electrons. The van der Waals surface area contributed by atoms with Crippen LogP contribution in [0.2, 0.25) is 0 Å². The highest BCUT2D eigenvalue weighted by molar-refractivity contribution is 5.80. The molecule has 0 fully saturated rings. The molecule has 0 aliphatic rings. The predicted molar refractivity (Wildman–Crippen MR) is 227 cm³/mol. The average Bonchev–Trinajstić information content (AvgIpc) is 3.15. The summed E-state index contributed by atoms with van der Waals surface area (Å²) in [6.45, 7) is 4.24. The summed E-state index contributed by atoms with van der Waals surface area (Å²) in [5.74, 6) is -0.477. The summed E-state index contributed by atoms with van der Waals surface area (Å²) < 4.78 is 0. The molecule has 52 heavy (non-hydrogen) atoms. The Hall–Kier alpha value is -1.17. The van der Waals surface area contributed by atoms with Gasteiger partial charge in [-0.15, -0.1) is 0 Å². The van der Waals surface area contributed by atoms with Crippen LogP contribution < -0.4 is 5.32 Å². The molecular weight excluding hydrogens is 643 g/mol. The number of carbonyl (C=O) groups excluding carboxylic acids is 1. The molecule has 0 saturated heterocycles. The van der Waals surface area contributed by atoms with Crippen molar-refractivity contribution in [3.63, 3.8) is 0 Å². The monoisotopic (exact) mass is 734 g/mol. The van der Waals surface area contributed by atoms with Crippen LogP contribution in [-0.4, -0.2) is 46.1 Å². The summed E-state index contributed by atoms with van der Waals surface area (Å²) in [7, 11) is 0. The van der Waals surface area contributed by atoms with Crippen molar-refractivity contribution in [3.05, 3.63) is 24.3 Å². The van der Waals surface area contributed by atoms with Crippen LogP contribution in [0, 0.1) is 0 Å². The van der Waals surface area contributed by atoms with Crippen LogP contribution in [-0.2, 0) is 4.79 Å². The fraction of sp³-hybridized carbons (Fsp3) is 0.894. The SMILES string of the molecule is CCCCCCCCCCC/C=C\C/C=C\CCCCCCCCC(O)C(=O)NC(CO)C(O)CCCCCCCCCCCCCCCCCC. The number of hydrogen-bond acceptors (Lipinski definition) is 4. The lowest BCUT2D eigenvalue weighted by molar-refractivity contribution is -0.131. The van der Waals surface area contributed by atoms with Gasteiger partial charge in [0.05, 0.1) is 18.8 Å². The van der Waals surface area contributed by atoms with Gasteiger partial charge in [0.25, 0.3) is 0 Å². The Morgan fingerprint density at radius 3 is 1.15 bits per heavy atom. The van der Waals surface area contributed by atoms with Crippen molar-refractivity contribution in [2.45, 2.75) is 263 Å². The first-order chi connectivity index (χ1) is 25.6. The quantitative estimate of drug-likeness (QED) is 0.0371. The van der Waals surface area contributed by atoms with Crippen molar-refractivity contribution >= 4 is 5.91 Å². The number of allylic oxidation sites excluding steroid dienone is 4. The number of aliphatic hydroxyl groups excluding tert-OH is 3. The second kappa shape index (κ2) is 42.6. The lowest BCUT2D eigenvalue weighted by Gasteiger charge is -2.23. The van der Waals surface area contributed by atoms with Gasteiger partial charge >= 0.3 is 0 Å². The normalized spacial score (nSPS) is 13.7. The van der Waals surface area contributed by atoms with Crippen LogP contribution in [0.15, 0.2) is 24.3 Å². The van der Waals surface area contributed by atoms with E-state index < -0.39 is 24.2 Å². The molecule has 0 bridgehead atoms. The Balaban J connectivity index is 3.63. The fourth-order valence-electron chi connectivity index (χ4n) is 7.16. The van der Waals surface area contributed by atoms with E-state index in [0.717, 1.165) is 44.9 Å². The molecule has 5 nitrogen and oxygen atoms in total. The minimum absolute atomic E-state index is 0.316. The fourth-order valence-corrected chi connectivity index (χ4v) is 7.16. The van der Waals surface area contributed by atoms with E-state index in [-0.39, 0.29) is 6.61 Å². The van der Waals surface area contributed by atoms with Crippen LogP contribution in [0.4, 0.5) is 0 Å². The third-order valence-corrected chi connectivity index (χ3v) is 10.8. The zero-order chi connectivity index (χ0) is 38.0. The van der Waals surface area contributed by atoms with E-state index in [1.165, 1.54) is 173 Å². The Labute approximate surface area is 324 Å². The molecule has 0 aromatic carbocycles. The minimum atomic E-state index is -1.08. The van der Waals surface area contributed by atoms with Crippen molar-refractivity contribution in [2.24, 2.45) is 0 Å². The van der Waals surface area contributed by atoms with Gasteiger partial charge in [-0.3, -0.25) is 4.79 Å². The van der Waals surface area contributed by atoms with Gasteiger partial charge in [-0.1, -0.05) is 224 Å². The molecule has 0 aliphatic carbocycles. The maximum atomic E-state index is 12.5. The van der Waals surface area contributed by atoms with Crippen LogP contribution in [0.1, 0.15) is 245 Å². The molecule has 0 aromatic rings. The van der Waals surface area contributed by atoms with E-state index in [0.29, 0.717) is 12.8 Å². The van der Waals surface area contributed by atoms with Crippen molar-refractivity contribution in [1.82, 2.24) is 5.32 Å². The van der Waals surface area contributed by atoms with Crippen LogP contribution in [0.3, 0.4) is 0 Å². The molecule has 5 heteroatoms. The Morgan fingerprint density at radius 2 is 0.788 bits per heavy atom. The predicted octanol–water partition coefficient (Wildman–Crippen LogP) is 13.4. The number of amides is 1. The Kier molecular flexibility index (Phi) is 41.6. The van der Waals surface area contributed by atoms with Gasteiger partial charge in [-0.2, -0.15) is 0 Å². The van der Waals surface area contributed by atoms with Gasteiger partial charge in [-0.05, 0) is 44.9 Å². The largest absolute Gasteiger partial charge is 0.394 e. The molecule has 0 saturated carbocycles. The summed E-state index contributed by atoms with van der Waals surface area (Å²) in [5.41, 5.74) is 0. The number of nitrogens with one attached hydrogen (secondary N) is 1. The van der Waals surface area contributed by atoms with Crippen molar-refractivity contribution < 1.29 is 20.1 Å². The van der Waals surface area contributed by atoms with Crippen LogP contribution >= 0.6 is 0 Å². The zero-order valence-electron chi connectivity index (χ0n) is 35.0. The van der Waals surface area contributed by atoms with E-state index in [9.17, 15) is 20.1 Å². The second-order valence-corrected chi connectivity index (χ2v) is 16.0. The van der Waals surface area contributed by atoms with Crippen LogP contribution in [0.25, 0.3) is 0 Å². The summed E-state index contributed by atoms with van der Waals surface area (Å²) >= 11 is 0. The van der Waals surface area contributed by atoms with E-state index in [1.54, 1.807) is 0 Å². The molecular formula is C47H91NO4. The molecule has 0 radical (unpaired) electrons. The molecule has 4 N–H and O–H groups in total. The highest BCUT2D eigenvalue weighted by Gasteiger charge is 2.23. The molecule has 0 spiro atoms.